The summed E-state index contributed by atoms with van der Waals surface area (Å²) < 4.78 is 3.42. The molecule has 1 heterocycles. The molecule has 0 aliphatic rings. The van der Waals surface area contributed by atoms with Crippen LogP contribution in [0.25, 0.3) is 10.9 Å². The Morgan fingerprint density at radius 3 is 2.70 bits per heavy atom. The number of nitrogens with two attached hydrogens (primary N) is 1. The molecule has 0 aliphatic heterocycles. The van der Waals surface area contributed by atoms with Gasteiger partial charge in [-0.1, -0.05) is 36.4 Å². The summed E-state index contributed by atoms with van der Waals surface area (Å²) in [6, 6.07) is 14.9. The molecule has 0 saturated heterocycles. The van der Waals surface area contributed by atoms with Crippen LogP contribution in [0.2, 0.25) is 0 Å². The minimum absolute atomic E-state index is 0.596. The van der Waals surface area contributed by atoms with E-state index in [1.807, 2.05) is 0 Å². The Kier molecular flexibility index (Phi) is 3.64. The largest absolute Gasteiger partial charge is 0.342 e. The second-order valence-corrected chi connectivity index (χ2v) is 5.94. The molecule has 0 atom stereocenters. The Bertz CT molecular complexity index is 759. The molecule has 0 fully saturated rings. The predicted octanol–water partition coefficient (Wildman–Crippen LogP) is 4.22. The number of halogens is 1. The third-order valence-corrected chi connectivity index (χ3v) is 4.36. The van der Waals surface area contributed by atoms with Gasteiger partial charge < -0.3 is 10.3 Å². The van der Waals surface area contributed by atoms with Crippen LogP contribution < -0.4 is 5.73 Å². The molecule has 0 radical (unpaired) electrons. The Balaban J connectivity index is 2.01. The van der Waals surface area contributed by atoms with E-state index in [0.29, 0.717) is 6.54 Å². The molecular formula is C17H17BrN2. The van der Waals surface area contributed by atoms with Crippen molar-refractivity contribution in [3.05, 3.63) is 69.8 Å². The van der Waals surface area contributed by atoms with Crippen LogP contribution in [0.1, 0.15) is 16.7 Å². The summed E-state index contributed by atoms with van der Waals surface area (Å²) in [4.78, 5) is 0. The summed E-state index contributed by atoms with van der Waals surface area (Å²) in [5, 5.41) is 1.25. The molecule has 102 valence electrons. The number of hydrogen-bond donors (Lipinski definition) is 1. The number of benzene rings is 2. The van der Waals surface area contributed by atoms with E-state index >= 15 is 0 Å². The Hall–Kier alpha value is -1.58. The molecule has 3 heteroatoms. The van der Waals surface area contributed by atoms with Gasteiger partial charge in [-0.3, -0.25) is 0 Å². The van der Waals surface area contributed by atoms with Gasteiger partial charge >= 0.3 is 0 Å². The van der Waals surface area contributed by atoms with Gasteiger partial charge in [0.05, 0.1) is 0 Å². The zero-order chi connectivity index (χ0) is 14.1. The summed E-state index contributed by atoms with van der Waals surface area (Å²) in [6.07, 6.45) is 2.15. The number of rotatable bonds is 3. The quantitative estimate of drug-likeness (QED) is 0.766. The van der Waals surface area contributed by atoms with Gasteiger partial charge in [-0.15, -0.1) is 0 Å². The van der Waals surface area contributed by atoms with Crippen molar-refractivity contribution in [2.45, 2.75) is 20.0 Å². The van der Waals surface area contributed by atoms with Crippen LogP contribution >= 0.6 is 15.9 Å². The molecule has 0 saturated carbocycles. The summed E-state index contributed by atoms with van der Waals surface area (Å²) >= 11 is 3.64. The van der Waals surface area contributed by atoms with Crippen molar-refractivity contribution in [3.63, 3.8) is 0 Å². The molecule has 0 unspecified atom stereocenters. The van der Waals surface area contributed by atoms with Gasteiger partial charge in [0.25, 0.3) is 0 Å². The number of nitrogens with zero attached hydrogens (tertiary/aromatic N) is 1. The Labute approximate surface area is 127 Å². The number of aryl methyl sites for hydroxylation is 1. The second-order valence-electron chi connectivity index (χ2n) is 5.09. The minimum Gasteiger partial charge on any atom is -0.342 e. The maximum atomic E-state index is 5.69. The lowest BCUT2D eigenvalue weighted by molar-refractivity contribution is 0.827. The van der Waals surface area contributed by atoms with E-state index in [1.54, 1.807) is 0 Å². The average molecular weight is 329 g/mol. The minimum atomic E-state index is 0.596. The lowest BCUT2D eigenvalue weighted by Crippen LogP contribution is -2.02. The van der Waals surface area contributed by atoms with Gasteiger partial charge in [0, 0.05) is 34.7 Å². The normalized spacial score (nSPS) is 11.2. The fourth-order valence-corrected chi connectivity index (χ4v) is 3.16. The van der Waals surface area contributed by atoms with E-state index in [-0.39, 0.29) is 0 Å². The van der Waals surface area contributed by atoms with E-state index < -0.39 is 0 Å². The van der Waals surface area contributed by atoms with Crippen LogP contribution in [0.3, 0.4) is 0 Å². The zero-order valence-corrected chi connectivity index (χ0v) is 13.0. The second kappa shape index (κ2) is 5.43. The van der Waals surface area contributed by atoms with Gasteiger partial charge in [-0.2, -0.15) is 0 Å². The summed E-state index contributed by atoms with van der Waals surface area (Å²) in [6.45, 7) is 3.62. The highest BCUT2D eigenvalue weighted by Crippen LogP contribution is 2.27. The van der Waals surface area contributed by atoms with Gasteiger partial charge in [-0.05, 0) is 45.6 Å². The predicted molar refractivity (Wildman–Crippen MR) is 87.8 cm³/mol. The maximum absolute atomic E-state index is 5.69. The Morgan fingerprint density at radius 2 is 1.95 bits per heavy atom. The van der Waals surface area contributed by atoms with E-state index in [2.05, 4.69) is 76.1 Å². The fourth-order valence-electron chi connectivity index (χ4n) is 2.58. The molecule has 3 aromatic rings. The van der Waals surface area contributed by atoms with Crippen molar-refractivity contribution >= 4 is 26.8 Å². The van der Waals surface area contributed by atoms with Gasteiger partial charge in [-0.25, -0.2) is 0 Å². The lowest BCUT2D eigenvalue weighted by atomic mass is 10.0. The van der Waals surface area contributed by atoms with Crippen LogP contribution in [-0.2, 0) is 13.1 Å². The lowest BCUT2D eigenvalue weighted by Gasteiger charge is -2.10. The van der Waals surface area contributed by atoms with Crippen molar-refractivity contribution in [1.29, 1.82) is 0 Å². The molecule has 2 N–H and O–H groups in total. The molecule has 3 rings (SSSR count). The molecular weight excluding hydrogens is 312 g/mol. The first kappa shape index (κ1) is 13.4. The number of fused-ring (bicyclic) bond motifs is 1. The van der Waals surface area contributed by atoms with E-state index in [9.17, 15) is 0 Å². The van der Waals surface area contributed by atoms with Crippen LogP contribution in [0.4, 0.5) is 0 Å². The topological polar surface area (TPSA) is 30.9 Å². The summed E-state index contributed by atoms with van der Waals surface area (Å²) in [7, 11) is 0. The highest BCUT2D eigenvalue weighted by molar-refractivity contribution is 9.10. The highest BCUT2D eigenvalue weighted by Gasteiger charge is 2.07. The first-order valence-corrected chi connectivity index (χ1v) is 7.50. The first-order valence-electron chi connectivity index (χ1n) is 6.71. The van der Waals surface area contributed by atoms with Crippen molar-refractivity contribution in [3.8, 4) is 0 Å². The molecule has 1 aromatic heterocycles. The average Bonchev–Trinajstić information content (AvgIpc) is 2.78. The zero-order valence-electron chi connectivity index (χ0n) is 11.4. The van der Waals surface area contributed by atoms with Gasteiger partial charge in [0.2, 0.25) is 0 Å². The molecule has 0 spiro atoms. The molecule has 0 aliphatic carbocycles. The number of para-hydroxylation sites is 1. The molecule has 2 nitrogen and oxygen atoms in total. The van der Waals surface area contributed by atoms with Crippen molar-refractivity contribution < 1.29 is 0 Å². The maximum Gasteiger partial charge on any atom is 0.0495 e. The van der Waals surface area contributed by atoms with Crippen LogP contribution in [0.5, 0.6) is 0 Å². The third-order valence-electron chi connectivity index (χ3n) is 3.72. The molecule has 2 aromatic carbocycles. The van der Waals surface area contributed by atoms with E-state index in [1.165, 1.54) is 27.6 Å². The first-order chi connectivity index (χ1) is 9.69. The standard InChI is InChI=1S/C17H17BrN2/c1-12-8-13(9-19)6-7-14(12)10-20-11-16(18)15-4-2-3-5-17(15)20/h2-8,11H,9-10,19H2,1H3. The summed E-state index contributed by atoms with van der Waals surface area (Å²) in [5.74, 6) is 0. The molecule has 0 amide bonds. The fraction of sp³-hybridized carbons (Fsp3) is 0.176. The van der Waals surface area contributed by atoms with Crippen molar-refractivity contribution in [1.82, 2.24) is 4.57 Å². The molecule has 0 bridgehead atoms. The number of hydrogen-bond acceptors (Lipinski definition) is 1. The number of aromatic nitrogens is 1. The van der Waals surface area contributed by atoms with Crippen molar-refractivity contribution in [2.24, 2.45) is 5.73 Å². The van der Waals surface area contributed by atoms with Crippen LogP contribution in [-0.4, -0.2) is 4.57 Å². The van der Waals surface area contributed by atoms with Crippen molar-refractivity contribution in [2.75, 3.05) is 0 Å². The van der Waals surface area contributed by atoms with Crippen LogP contribution in [0, 0.1) is 6.92 Å². The van der Waals surface area contributed by atoms with E-state index in [4.69, 9.17) is 5.73 Å². The monoisotopic (exact) mass is 328 g/mol. The van der Waals surface area contributed by atoms with E-state index in [0.717, 1.165) is 11.0 Å². The smallest absolute Gasteiger partial charge is 0.0495 e. The van der Waals surface area contributed by atoms with Gasteiger partial charge in [0.15, 0.2) is 0 Å². The van der Waals surface area contributed by atoms with Gasteiger partial charge in [0.1, 0.15) is 0 Å². The van der Waals surface area contributed by atoms with Crippen LogP contribution in [0.15, 0.2) is 53.1 Å². The Morgan fingerprint density at radius 1 is 1.15 bits per heavy atom. The third kappa shape index (κ3) is 2.39. The SMILES string of the molecule is Cc1cc(CN)ccc1Cn1cc(Br)c2ccccc21. The molecule has 20 heavy (non-hydrogen) atoms. The summed E-state index contributed by atoms with van der Waals surface area (Å²) in [5.41, 5.74) is 10.7. The highest BCUT2D eigenvalue weighted by atomic mass is 79.9.